The molecule has 1 aromatic heterocycles. The van der Waals surface area contributed by atoms with Crippen molar-refractivity contribution in [1.29, 1.82) is 0 Å². The average Bonchev–Trinajstić information content (AvgIpc) is 2.65. The number of aromatic nitrogens is 1. The SMILES string of the molecule is Nc1cc(F)cc(NCc2ccon2)c1. The minimum Gasteiger partial charge on any atom is -0.399 e. The molecule has 2 rings (SSSR count). The summed E-state index contributed by atoms with van der Waals surface area (Å²) in [5.41, 5.74) is 7.25. The molecule has 0 fully saturated rings. The predicted molar refractivity (Wildman–Crippen MR) is 54.6 cm³/mol. The minimum absolute atomic E-state index is 0.363. The minimum atomic E-state index is -0.363. The zero-order valence-electron chi connectivity index (χ0n) is 7.90. The second-order valence-corrected chi connectivity index (χ2v) is 3.12. The molecule has 0 unspecified atom stereocenters. The fourth-order valence-corrected chi connectivity index (χ4v) is 1.24. The van der Waals surface area contributed by atoms with Crippen LogP contribution in [0.4, 0.5) is 15.8 Å². The first-order chi connectivity index (χ1) is 7.24. The van der Waals surface area contributed by atoms with Crippen LogP contribution in [0.5, 0.6) is 0 Å². The van der Waals surface area contributed by atoms with E-state index in [0.717, 1.165) is 5.69 Å². The Morgan fingerprint density at radius 2 is 2.27 bits per heavy atom. The molecule has 0 bridgehead atoms. The number of rotatable bonds is 3. The van der Waals surface area contributed by atoms with Gasteiger partial charge in [0.15, 0.2) is 0 Å². The lowest BCUT2D eigenvalue weighted by Crippen LogP contribution is -2.00. The van der Waals surface area contributed by atoms with E-state index in [9.17, 15) is 4.39 Å². The molecule has 2 aromatic rings. The van der Waals surface area contributed by atoms with Crippen LogP contribution >= 0.6 is 0 Å². The summed E-state index contributed by atoms with van der Waals surface area (Å²) in [6.07, 6.45) is 1.48. The van der Waals surface area contributed by atoms with Crippen LogP contribution in [-0.4, -0.2) is 5.16 Å². The molecule has 15 heavy (non-hydrogen) atoms. The van der Waals surface area contributed by atoms with Crippen molar-refractivity contribution < 1.29 is 8.91 Å². The van der Waals surface area contributed by atoms with Gasteiger partial charge in [-0.15, -0.1) is 0 Å². The Kier molecular flexibility index (Phi) is 2.53. The van der Waals surface area contributed by atoms with Crippen molar-refractivity contribution >= 4 is 11.4 Å². The molecule has 0 radical (unpaired) electrons. The Bertz CT molecular complexity index is 422. The molecule has 0 aliphatic carbocycles. The van der Waals surface area contributed by atoms with E-state index in [-0.39, 0.29) is 5.82 Å². The van der Waals surface area contributed by atoms with Gasteiger partial charge in [-0.05, 0) is 18.2 Å². The average molecular weight is 207 g/mol. The molecular weight excluding hydrogens is 197 g/mol. The van der Waals surface area contributed by atoms with Crippen molar-refractivity contribution in [3.05, 3.63) is 42.0 Å². The fourth-order valence-electron chi connectivity index (χ4n) is 1.24. The van der Waals surface area contributed by atoms with Crippen LogP contribution in [0.25, 0.3) is 0 Å². The number of hydrogen-bond acceptors (Lipinski definition) is 4. The highest BCUT2D eigenvalue weighted by atomic mass is 19.1. The molecule has 5 heteroatoms. The summed E-state index contributed by atoms with van der Waals surface area (Å²) < 4.78 is 17.6. The van der Waals surface area contributed by atoms with Gasteiger partial charge in [-0.2, -0.15) is 0 Å². The molecule has 0 saturated heterocycles. The Balaban J connectivity index is 2.05. The normalized spacial score (nSPS) is 10.2. The lowest BCUT2D eigenvalue weighted by Gasteiger charge is -2.05. The van der Waals surface area contributed by atoms with Crippen LogP contribution in [-0.2, 0) is 6.54 Å². The van der Waals surface area contributed by atoms with E-state index < -0.39 is 0 Å². The van der Waals surface area contributed by atoms with Gasteiger partial charge in [-0.3, -0.25) is 0 Å². The molecular formula is C10H10FN3O. The third-order valence-corrected chi connectivity index (χ3v) is 1.88. The first kappa shape index (κ1) is 9.51. The highest BCUT2D eigenvalue weighted by Gasteiger charge is 1.99. The number of nitrogens with zero attached hydrogens (tertiary/aromatic N) is 1. The van der Waals surface area contributed by atoms with Gasteiger partial charge in [0.25, 0.3) is 0 Å². The number of anilines is 2. The zero-order chi connectivity index (χ0) is 10.7. The van der Waals surface area contributed by atoms with Gasteiger partial charge in [0.2, 0.25) is 0 Å². The third-order valence-electron chi connectivity index (χ3n) is 1.88. The summed E-state index contributed by atoms with van der Waals surface area (Å²) >= 11 is 0. The number of hydrogen-bond donors (Lipinski definition) is 2. The van der Waals surface area contributed by atoms with Crippen LogP contribution in [0.2, 0.25) is 0 Å². The van der Waals surface area contributed by atoms with Gasteiger partial charge in [0, 0.05) is 17.4 Å². The van der Waals surface area contributed by atoms with E-state index in [0.29, 0.717) is 17.9 Å². The van der Waals surface area contributed by atoms with Crippen molar-refractivity contribution in [3.8, 4) is 0 Å². The number of nitrogens with two attached hydrogens (primary N) is 1. The van der Waals surface area contributed by atoms with E-state index in [1.807, 2.05) is 0 Å². The van der Waals surface area contributed by atoms with Crippen LogP contribution in [0.15, 0.2) is 35.1 Å². The summed E-state index contributed by atoms with van der Waals surface area (Å²) in [5, 5.41) is 6.70. The molecule has 4 nitrogen and oxygen atoms in total. The highest BCUT2D eigenvalue weighted by Crippen LogP contribution is 2.15. The van der Waals surface area contributed by atoms with Gasteiger partial charge >= 0.3 is 0 Å². The maximum absolute atomic E-state index is 12.9. The topological polar surface area (TPSA) is 64.1 Å². The van der Waals surface area contributed by atoms with E-state index in [1.54, 1.807) is 12.1 Å². The van der Waals surface area contributed by atoms with Crippen molar-refractivity contribution in [3.63, 3.8) is 0 Å². The van der Waals surface area contributed by atoms with Gasteiger partial charge in [0.05, 0.1) is 6.54 Å². The number of benzene rings is 1. The van der Waals surface area contributed by atoms with Crippen LogP contribution in [0.1, 0.15) is 5.69 Å². The van der Waals surface area contributed by atoms with Gasteiger partial charge < -0.3 is 15.6 Å². The molecule has 1 aromatic carbocycles. The first-order valence-corrected chi connectivity index (χ1v) is 4.43. The fraction of sp³-hybridized carbons (Fsp3) is 0.100. The van der Waals surface area contributed by atoms with E-state index in [4.69, 9.17) is 5.73 Å². The standard InChI is InChI=1S/C10H10FN3O/c11-7-3-8(12)5-10(4-7)13-6-9-1-2-15-14-9/h1-5,13H,6,12H2. The monoisotopic (exact) mass is 207 g/mol. The Hall–Kier alpha value is -2.04. The van der Waals surface area contributed by atoms with Crippen molar-refractivity contribution in [1.82, 2.24) is 5.16 Å². The Morgan fingerprint density at radius 1 is 1.40 bits per heavy atom. The van der Waals surface area contributed by atoms with E-state index >= 15 is 0 Å². The quantitative estimate of drug-likeness (QED) is 0.755. The zero-order valence-corrected chi connectivity index (χ0v) is 7.90. The van der Waals surface area contributed by atoms with Crippen LogP contribution in [0.3, 0.4) is 0 Å². The van der Waals surface area contributed by atoms with E-state index in [1.165, 1.54) is 18.4 Å². The maximum Gasteiger partial charge on any atom is 0.127 e. The molecule has 1 heterocycles. The second-order valence-electron chi connectivity index (χ2n) is 3.12. The maximum atomic E-state index is 12.9. The van der Waals surface area contributed by atoms with Gasteiger partial charge in [0.1, 0.15) is 17.8 Å². The molecule has 0 atom stereocenters. The van der Waals surface area contributed by atoms with Crippen LogP contribution < -0.4 is 11.1 Å². The molecule has 3 N–H and O–H groups in total. The number of nitrogens with one attached hydrogen (secondary N) is 1. The summed E-state index contributed by atoms with van der Waals surface area (Å²) in [6, 6.07) is 6.02. The highest BCUT2D eigenvalue weighted by molar-refractivity contribution is 5.54. The molecule has 78 valence electrons. The van der Waals surface area contributed by atoms with Crippen LogP contribution in [0, 0.1) is 5.82 Å². The molecule has 0 aliphatic heterocycles. The summed E-state index contributed by atoms with van der Waals surface area (Å²) in [7, 11) is 0. The molecule has 0 spiro atoms. The van der Waals surface area contributed by atoms with Crippen molar-refractivity contribution in [2.75, 3.05) is 11.1 Å². The number of nitrogen functional groups attached to an aromatic ring is 1. The second kappa shape index (κ2) is 4.00. The molecule has 0 saturated carbocycles. The molecule has 0 amide bonds. The first-order valence-electron chi connectivity index (χ1n) is 4.43. The summed E-state index contributed by atoms with van der Waals surface area (Å²) in [6.45, 7) is 0.472. The third kappa shape index (κ3) is 2.46. The Morgan fingerprint density at radius 3 is 2.93 bits per heavy atom. The molecule has 0 aliphatic rings. The van der Waals surface area contributed by atoms with Crippen molar-refractivity contribution in [2.45, 2.75) is 6.54 Å². The van der Waals surface area contributed by atoms with Gasteiger partial charge in [-0.25, -0.2) is 4.39 Å². The number of halogens is 1. The Labute approximate surface area is 85.9 Å². The predicted octanol–water partition coefficient (Wildman–Crippen LogP) is 2.01. The lowest BCUT2D eigenvalue weighted by molar-refractivity contribution is 0.412. The lowest BCUT2D eigenvalue weighted by atomic mass is 10.2. The van der Waals surface area contributed by atoms with E-state index in [2.05, 4.69) is 15.0 Å². The van der Waals surface area contributed by atoms with Crippen molar-refractivity contribution in [2.24, 2.45) is 0 Å². The largest absolute Gasteiger partial charge is 0.399 e. The van der Waals surface area contributed by atoms with Gasteiger partial charge in [-0.1, -0.05) is 5.16 Å². The summed E-state index contributed by atoms with van der Waals surface area (Å²) in [5.74, 6) is -0.363. The smallest absolute Gasteiger partial charge is 0.127 e. The summed E-state index contributed by atoms with van der Waals surface area (Å²) in [4.78, 5) is 0.